The number of H-pyrrole nitrogens is 1. The Hall–Kier alpha value is -1.78. The molecule has 1 heterocycles. The Kier molecular flexibility index (Phi) is 5.94. The van der Waals surface area contributed by atoms with Gasteiger partial charge in [-0.05, 0) is 42.5 Å². The first-order chi connectivity index (χ1) is 11.7. The van der Waals surface area contributed by atoms with E-state index in [2.05, 4.69) is 72.0 Å². The fourth-order valence-electron chi connectivity index (χ4n) is 2.83. The number of nitrogens with one attached hydrogen (secondary N) is 2. The molecular weight excluding hydrogens is 332 g/mol. The number of thioether (sulfide) groups is 1. The number of rotatable bonds is 6. The lowest BCUT2D eigenvalue weighted by Gasteiger charge is -2.08. The summed E-state index contributed by atoms with van der Waals surface area (Å²) in [6.45, 7) is 3.04. The number of aryl methyl sites for hydroxylation is 2. The summed E-state index contributed by atoms with van der Waals surface area (Å²) in [5, 5.41) is 4.67. The van der Waals surface area contributed by atoms with Crippen molar-refractivity contribution < 1.29 is 0 Å². The van der Waals surface area contributed by atoms with Crippen molar-refractivity contribution in [2.75, 3.05) is 12.3 Å². The van der Waals surface area contributed by atoms with Crippen LogP contribution < -0.4 is 5.32 Å². The lowest BCUT2D eigenvalue weighted by Crippen LogP contribution is -2.21. The molecule has 0 amide bonds. The third-order valence-corrected chi connectivity index (χ3v) is 5.52. The first-order valence-electron chi connectivity index (χ1n) is 8.24. The van der Waals surface area contributed by atoms with Crippen molar-refractivity contribution in [3.05, 3.63) is 71.4 Å². The Morgan fingerprint density at radius 2 is 1.83 bits per heavy atom. The predicted octanol–water partition coefficient (Wildman–Crippen LogP) is 4.87. The Bertz CT molecular complexity index is 823. The molecule has 0 unspecified atom stereocenters. The van der Waals surface area contributed by atoms with Crippen LogP contribution in [0.2, 0.25) is 0 Å². The van der Waals surface area contributed by atoms with Crippen LogP contribution >= 0.6 is 24.0 Å². The van der Waals surface area contributed by atoms with Crippen molar-refractivity contribution in [3.8, 4) is 0 Å². The average Bonchev–Trinajstić information content (AvgIpc) is 3.00. The van der Waals surface area contributed by atoms with Gasteiger partial charge in [-0.15, -0.1) is 0 Å². The lowest BCUT2D eigenvalue weighted by atomic mass is 10.1. The highest BCUT2D eigenvalue weighted by molar-refractivity contribution is 8.22. The first kappa shape index (κ1) is 17.1. The van der Waals surface area contributed by atoms with Crippen LogP contribution in [-0.2, 0) is 12.8 Å². The van der Waals surface area contributed by atoms with Gasteiger partial charge in [0.15, 0.2) is 0 Å². The number of fused-ring (bicyclic) bond motifs is 1. The molecule has 2 nitrogen and oxygen atoms in total. The molecule has 1 aromatic heterocycles. The van der Waals surface area contributed by atoms with E-state index in [4.69, 9.17) is 12.2 Å². The smallest absolute Gasteiger partial charge is 0.133 e. The van der Waals surface area contributed by atoms with Gasteiger partial charge in [0.25, 0.3) is 0 Å². The number of aromatic amines is 1. The Balaban J connectivity index is 1.41. The summed E-state index contributed by atoms with van der Waals surface area (Å²) in [6, 6.07) is 17.0. The molecule has 0 aliphatic rings. The van der Waals surface area contributed by atoms with Gasteiger partial charge in [-0.2, -0.15) is 0 Å². The topological polar surface area (TPSA) is 27.8 Å². The minimum Gasteiger partial charge on any atom is -0.371 e. The van der Waals surface area contributed by atoms with Crippen LogP contribution in [0.15, 0.2) is 54.7 Å². The highest BCUT2D eigenvalue weighted by Gasteiger charge is 2.04. The van der Waals surface area contributed by atoms with Crippen molar-refractivity contribution in [2.45, 2.75) is 19.8 Å². The molecule has 4 heteroatoms. The van der Waals surface area contributed by atoms with Gasteiger partial charge in [0.05, 0.1) is 0 Å². The summed E-state index contributed by atoms with van der Waals surface area (Å²) in [7, 11) is 0. The van der Waals surface area contributed by atoms with Gasteiger partial charge in [0, 0.05) is 29.4 Å². The van der Waals surface area contributed by atoms with Crippen LogP contribution in [0.4, 0.5) is 0 Å². The summed E-state index contributed by atoms with van der Waals surface area (Å²) >= 11 is 7.17. The van der Waals surface area contributed by atoms with E-state index < -0.39 is 0 Å². The highest BCUT2D eigenvalue weighted by Crippen LogP contribution is 2.18. The summed E-state index contributed by atoms with van der Waals surface area (Å²) in [6.07, 6.45) is 4.13. The normalized spacial score (nSPS) is 10.9. The van der Waals surface area contributed by atoms with Gasteiger partial charge in [-0.25, -0.2) is 0 Å². The molecule has 0 saturated heterocycles. The summed E-state index contributed by atoms with van der Waals surface area (Å²) in [5.41, 5.74) is 5.30. The number of hydrogen-bond acceptors (Lipinski definition) is 2. The Labute approximate surface area is 153 Å². The van der Waals surface area contributed by atoms with E-state index in [0.717, 1.165) is 29.5 Å². The van der Waals surface area contributed by atoms with Gasteiger partial charge in [0.1, 0.15) is 4.32 Å². The van der Waals surface area contributed by atoms with Crippen molar-refractivity contribution >= 4 is 39.2 Å². The molecule has 2 N–H and O–H groups in total. The van der Waals surface area contributed by atoms with E-state index in [9.17, 15) is 0 Å². The molecule has 0 radical (unpaired) electrons. The number of thiocarbonyl (C=S) groups is 1. The van der Waals surface area contributed by atoms with Crippen molar-refractivity contribution in [1.29, 1.82) is 0 Å². The largest absolute Gasteiger partial charge is 0.371 e. The molecule has 0 aliphatic carbocycles. The fraction of sp³-hybridized carbons (Fsp3) is 0.250. The van der Waals surface area contributed by atoms with Crippen LogP contribution in [0.1, 0.15) is 16.7 Å². The van der Waals surface area contributed by atoms with Crippen LogP contribution in [0.5, 0.6) is 0 Å². The zero-order valence-corrected chi connectivity index (χ0v) is 15.5. The van der Waals surface area contributed by atoms with Crippen molar-refractivity contribution in [3.63, 3.8) is 0 Å². The van der Waals surface area contributed by atoms with Crippen LogP contribution in [-0.4, -0.2) is 21.6 Å². The van der Waals surface area contributed by atoms with Gasteiger partial charge >= 0.3 is 0 Å². The predicted molar refractivity (Wildman–Crippen MR) is 110 cm³/mol. The first-order valence-corrected chi connectivity index (χ1v) is 9.63. The fourth-order valence-corrected chi connectivity index (χ4v) is 3.90. The van der Waals surface area contributed by atoms with E-state index in [1.54, 1.807) is 11.8 Å². The third-order valence-electron chi connectivity index (χ3n) is 4.20. The minimum absolute atomic E-state index is 0.873. The molecule has 0 bridgehead atoms. The molecule has 0 fully saturated rings. The monoisotopic (exact) mass is 354 g/mol. The molecule has 0 atom stereocenters. The third kappa shape index (κ3) is 4.40. The molecule has 2 aromatic carbocycles. The maximum atomic E-state index is 5.44. The number of hydrogen-bond donors (Lipinski definition) is 2. The van der Waals surface area contributed by atoms with Gasteiger partial charge in [0.2, 0.25) is 0 Å². The molecule has 0 saturated carbocycles. The number of aromatic nitrogens is 1. The molecule has 124 valence electrons. The second kappa shape index (κ2) is 8.36. The summed E-state index contributed by atoms with van der Waals surface area (Å²) in [4.78, 5) is 3.32. The highest BCUT2D eigenvalue weighted by atomic mass is 32.2. The second-order valence-corrected chi connectivity index (χ2v) is 7.62. The minimum atomic E-state index is 0.873. The molecule has 3 aromatic rings. The SMILES string of the molecule is Cc1ccccc1CCSC(=S)NCCc1c[nH]c2ccccc12. The van der Waals surface area contributed by atoms with E-state index in [1.165, 1.54) is 27.6 Å². The standard InChI is InChI=1S/C20H22N2S2/c1-15-6-2-3-7-16(15)11-13-24-20(23)21-12-10-17-14-22-19-9-5-4-8-18(17)19/h2-9,14,22H,10-13H2,1H3,(H,21,23). The van der Waals surface area contributed by atoms with Gasteiger partial charge in [-0.1, -0.05) is 66.4 Å². The summed E-state index contributed by atoms with van der Waals surface area (Å²) < 4.78 is 0.892. The maximum absolute atomic E-state index is 5.44. The Morgan fingerprint density at radius 1 is 1.04 bits per heavy atom. The summed E-state index contributed by atoms with van der Waals surface area (Å²) in [5.74, 6) is 1.02. The van der Waals surface area contributed by atoms with Crippen LogP contribution in [0, 0.1) is 6.92 Å². The number of benzene rings is 2. The molecular formula is C20H22N2S2. The van der Waals surface area contributed by atoms with Crippen LogP contribution in [0.3, 0.4) is 0 Å². The lowest BCUT2D eigenvalue weighted by molar-refractivity contribution is 0.887. The molecule has 0 spiro atoms. The van der Waals surface area contributed by atoms with Crippen molar-refractivity contribution in [1.82, 2.24) is 10.3 Å². The maximum Gasteiger partial charge on any atom is 0.133 e. The zero-order valence-electron chi connectivity index (χ0n) is 13.8. The Morgan fingerprint density at radius 3 is 2.71 bits per heavy atom. The quantitative estimate of drug-likeness (QED) is 0.619. The molecule has 0 aliphatic heterocycles. The van der Waals surface area contributed by atoms with Gasteiger partial charge < -0.3 is 10.3 Å². The molecule has 3 rings (SSSR count). The second-order valence-electron chi connectivity index (χ2n) is 5.85. The van der Waals surface area contributed by atoms with E-state index >= 15 is 0 Å². The molecule has 24 heavy (non-hydrogen) atoms. The zero-order chi connectivity index (χ0) is 16.8. The van der Waals surface area contributed by atoms with E-state index in [0.29, 0.717) is 0 Å². The van der Waals surface area contributed by atoms with Gasteiger partial charge in [-0.3, -0.25) is 0 Å². The van der Waals surface area contributed by atoms with Crippen LogP contribution in [0.25, 0.3) is 10.9 Å². The average molecular weight is 355 g/mol. The van der Waals surface area contributed by atoms with E-state index in [1.807, 2.05) is 0 Å². The van der Waals surface area contributed by atoms with Crippen molar-refractivity contribution in [2.24, 2.45) is 0 Å². The van der Waals surface area contributed by atoms with E-state index in [-0.39, 0.29) is 0 Å². The number of para-hydroxylation sites is 1.